The summed E-state index contributed by atoms with van der Waals surface area (Å²) in [7, 11) is 0. The molecule has 1 aromatic heterocycles. The van der Waals surface area contributed by atoms with Crippen molar-refractivity contribution in [2.45, 2.75) is 32.9 Å². The first-order valence-electron chi connectivity index (χ1n) is 7.61. The summed E-state index contributed by atoms with van der Waals surface area (Å²) < 4.78 is 5.63. The predicted octanol–water partition coefficient (Wildman–Crippen LogP) is 3.24. The lowest BCUT2D eigenvalue weighted by Gasteiger charge is -2.19. The van der Waals surface area contributed by atoms with Crippen LogP contribution in [0.1, 0.15) is 24.6 Å². The molecule has 1 aromatic carbocycles. The van der Waals surface area contributed by atoms with Crippen molar-refractivity contribution in [3.63, 3.8) is 0 Å². The van der Waals surface area contributed by atoms with Crippen molar-refractivity contribution in [3.8, 4) is 11.5 Å². The van der Waals surface area contributed by atoms with E-state index in [1.54, 1.807) is 6.26 Å². The molecular weight excluding hydrogens is 298 g/mol. The van der Waals surface area contributed by atoms with Gasteiger partial charge in [0.2, 0.25) is 5.89 Å². The Morgan fingerprint density at radius 1 is 1.32 bits per heavy atom. The number of aryl methyl sites for hydroxylation is 1. The summed E-state index contributed by atoms with van der Waals surface area (Å²) >= 11 is 0. The lowest BCUT2D eigenvalue weighted by atomic mass is 10.1. The van der Waals surface area contributed by atoms with Gasteiger partial charge in [-0.15, -0.1) is 12.4 Å². The highest BCUT2D eigenvalue weighted by Gasteiger charge is 2.28. The SMILES string of the molecule is Cc1ccc(-c2nc(CN3CC(CN)CC3C)co2)cc1.Cl. The Bertz CT molecular complexity index is 596. The lowest BCUT2D eigenvalue weighted by Crippen LogP contribution is -2.27. The van der Waals surface area contributed by atoms with Crippen LogP contribution in [0.4, 0.5) is 0 Å². The summed E-state index contributed by atoms with van der Waals surface area (Å²) in [5.74, 6) is 1.32. The van der Waals surface area contributed by atoms with Crippen molar-refractivity contribution in [1.29, 1.82) is 0 Å². The van der Waals surface area contributed by atoms with Gasteiger partial charge in [-0.05, 0) is 44.9 Å². The molecule has 0 radical (unpaired) electrons. The second kappa shape index (κ2) is 7.27. The standard InChI is InChI=1S/C17H23N3O.ClH/c1-12-3-5-15(6-4-12)17-19-16(11-21-17)10-20-9-14(8-18)7-13(20)2;/h3-6,11,13-14H,7-10,18H2,1-2H3;1H. The zero-order valence-corrected chi connectivity index (χ0v) is 14.0. The molecule has 0 bridgehead atoms. The number of hydrogen-bond acceptors (Lipinski definition) is 4. The maximum Gasteiger partial charge on any atom is 0.226 e. The molecule has 2 aromatic rings. The maximum atomic E-state index is 5.78. The highest BCUT2D eigenvalue weighted by atomic mass is 35.5. The molecule has 4 nitrogen and oxygen atoms in total. The van der Waals surface area contributed by atoms with E-state index in [4.69, 9.17) is 10.2 Å². The molecule has 2 unspecified atom stereocenters. The van der Waals surface area contributed by atoms with E-state index in [0.717, 1.165) is 30.9 Å². The summed E-state index contributed by atoms with van der Waals surface area (Å²) in [6.45, 7) is 7.01. The molecule has 0 saturated carbocycles. The number of hydrogen-bond donors (Lipinski definition) is 1. The predicted molar refractivity (Wildman–Crippen MR) is 91.0 cm³/mol. The number of benzene rings is 1. The molecule has 3 rings (SSSR count). The molecule has 1 fully saturated rings. The molecule has 2 heterocycles. The first kappa shape index (κ1) is 17.0. The zero-order valence-electron chi connectivity index (χ0n) is 13.2. The summed E-state index contributed by atoms with van der Waals surface area (Å²) in [4.78, 5) is 7.06. The minimum absolute atomic E-state index is 0. The third-order valence-corrected chi connectivity index (χ3v) is 4.34. The van der Waals surface area contributed by atoms with Gasteiger partial charge in [0.25, 0.3) is 0 Å². The molecule has 0 spiro atoms. The third-order valence-electron chi connectivity index (χ3n) is 4.34. The molecule has 5 heteroatoms. The van der Waals surface area contributed by atoms with Gasteiger partial charge in [-0.25, -0.2) is 4.98 Å². The van der Waals surface area contributed by atoms with Crippen LogP contribution in [0.5, 0.6) is 0 Å². The van der Waals surface area contributed by atoms with E-state index in [-0.39, 0.29) is 12.4 Å². The number of aromatic nitrogens is 1. The number of halogens is 1. The average molecular weight is 322 g/mol. The van der Waals surface area contributed by atoms with Gasteiger partial charge in [-0.2, -0.15) is 0 Å². The molecule has 1 saturated heterocycles. The van der Waals surface area contributed by atoms with Gasteiger partial charge in [0.15, 0.2) is 0 Å². The van der Waals surface area contributed by atoms with E-state index < -0.39 is 0 Å². The molecule has 0 aliphatic carbocycles. The minimum Gasteiger partial charge on any atom is -0.444 e. The fraction of sp³-hybridized carbons (Fsp3) is 0.471. The minimum atomic E-state index is 0. The Morgan fingerprint density at radius 2 is 2.05 bits per heavy atom. The smallest absolute Gasteiger partial charge is 0.226 e. The van der Waals surface area contributed by atoms with Crippen molar-refractivity contribution < 1.29 is 4.42 Å². The van der Waals surface area contributed by atoms with E-state index in [9.17, 15) is 0 Å². The number of likely N-dealkylation sites (tertiary alicyclic amines) is 1. The van der Waals surface area contributed by atoms with E-state index in [1.165, 1.54) is 12.0 Å². The molecule has 0 amide bonds. The first-order chi connectivity index (χ1) is 10.2. The molecule has 22 heavy (non-hydrogen) atoms. The van der Waals surface area contributed by atoms with Crippen molar-refractivity contribution in [2.24, 2.45) is 11.7 Å². The van der Waals surface area contributed by atoms with Gasteiger partial charge in [-0.1, -0.05) is 17.7 Å². The first-order valence-corrected chi connectivity index (χ1v) is 7.61. The third kappa shape index (κ3) is 3.69. The molecule has 1 aliphatic rings. The molecule has 2 atom stereocenters. The van der Waals surface area contributed by atoms with Crippen LogP contribution in [0, 0.1) is 12.8 Å². The van der Waals surface area contributed by atoms with Crippen molar-refractivity contribution >= 4 is 12.4 Å². The van der Waals surface area contributed by atoms with Crippen LogP contribution < -0.4 is 5.73 Å². The van der Waals surface area contributed by atoms with Crippen LogP contribution in [0.3, 0.4) is 0 Å². The van der Waals surface area contributed by atoms with Crippen LogP contribution in [0.25, 0.3) is 11.5 Å². The highest BCUT2D eigenvalue weighted by Crippen LogP contribution is 2.25. The van der Waals surface area contributed by atoms with Gasteiger partial charge in [0.1, 0.15) is 6.26 Å². The van der Waals surface area contributed by atoms with Gasteiger partial charge in [-0.3, -0.25) is 4.90 Å². The fourth-order valence-electron chi connectivity index (χ4n) is 3.03. The van der Waals surface area contributed by atoms with Gasteiger partial charge < -0.3 is 10.2 Å². The Kier molecular flexibility index (Phi) is 5.62. The quantitative estimate of drug-likeness (QED) is 0.939. The van der Waals surface area contributed by atoms with Crippen LogP contribution in [0.15, 0.2) is 34.9 Å². The summed E-state index contributed by atoms with van der Waals surface area (Å²) in [6, 6.07) is 8.82. The van der Waals surface area contributed by atoms with Crippen molar-refractivity contribution in [3.05, 3.63) is 41.8 Å². The van der Waals surface area contributed by atoms with E-state index >= 15 is 0 Å². The Hall–Kier alpha value is -1.36. The Morgan fingerprint density at radius 3 is 2.68 bits per heavy atom. The number of rotatable bonds is 4. The zero-order chi connectivity index (χ0) is 14.8. The Labute approximate surface area is 138 Å². The lowest BCUT2D eigenvalue weighted by molar-refractivity contribution is 0.252. The largest absolute Gasteiger partial charge is 0.444 e. The molecular formula is C17H24ClN3O. The second-order valence-electron chi connectivity index (χ2n) is 6.13. The summed E-state index contributed by atoms with van der Waals surface area (Å²) in [5.41, 5.74) is 9.05. The summed E-state index contributed by atoms with van der Waals surface area (Å²) in [6.07, 6.45) is 2.96. The van der Waals surface area contributed by atoms with E-state index in [2.05, 4.69) is 35.9 Å². The van der Waals surface area contributed by atoms with Crippen molar-refractivity contribution in [1.82, 2.24) is 9.88 Å². The molecule has 120 valence electrons. The van der Waals surface area contributed by atoms with Gasteiger partial charge >= 0.3 is 0 Å². The normalized spacial score (nSPS) is 21.8. The highest BCUT2D eigenvalue weighted by molar-refractivity contribution is 5.85. The summed E-state index contributed by atoms with van der Waals surface area (Å²) in [5, 5.41) is 0. The van der Waals surface area contributed by atoms with Crippen molar-refractivity contribution in [2.75, 3.05) is 13.1 Å². The monoisotopic (exact) mass is 321 g/mol. The molecule has 2 N–H and O–H groups in total. The maximum absolute atomic E-state index is 5.78. The van der Waals surface area contributed by atoms with Crippen LogP contribution in [-0.4, -0.2) is 29.0 Å². The van der Waals surface area contributed by atoms with E-state index in [0.29, 0.717) is 17.9 Å². The van der Waals surface area contributed by atoms with E-state index in [1.807, 2.05) is 12.1 Å². The van der Waals surface area contributed by atoms with Crippen LogP contribution in [0.2, 0.25) is 0 Å². The topological polar surface area (TPSA) is 55.3 Å². The van der Waals surface area contributed by atoms with Gasteiger partial charge in [0, 0.05) is 24.7 Å². The fourth-order valence-corrected chi connectivity index (χ4v) is 3.03. The average Bonchev–Trinajstić information content (AvgIpc) is 3.08. The number of nitrogens with zero attached hydrogens (tertiary/aromatic N) is 2. The van der Waals surface area contributed by atoms with Gasteiger partial charge in [0.05, 0.1) is 5.69 Å². The molecule has 1 aliphatic heterocycles. The second-order valence-corrected chi connectivity index (χ2v) is 6.13. The van der Waals surface area contributed by atoms with Crippen LogP contribution >= 0.6 is 12.4 Å². The van der Waals surface area contributed by atoms with Crippen LogP contribution in [-0.2, 0) is 6.54 Å². The number of nitrogens with two attached hydrogens (primary N) is 1. The number of oxazole rings is 1. The Balaban J connectivity index is 0.00000176.